The van der Waals surface area contributed by atoms with Crippen LogP contribution in [0.1, 0.15) is 33.6 Å². The van der Waals surface area contributed by atoms with E-state index >= 15 is 0 Å². The Morgan fingerprint density at radius 3 is 2.42 bits per heavy atom. The molecule has 10 heteroatoms. The Balaban J connectivity index is 1.47. The molecule has 0 unspecified atom stereocenters. The molecule has 3 rings (SSSR count). The molecule has 1 aromatic heterocycles. The fourth-order valence-corrected chi connectivity index (χ4v) is 4.68. The van der Waals surface area contributed by atoms with Gasteiger partial charge in [0.1, 0.15) is 11.0 Å². The summed E-state index contributed by atoms with van der Waals surface area (Å²) in [5, 5.41) is 3.81. The van der Waals surface area contributed by atoms with Crippen LogP contribution in [0, 0.1) is 5.41 Å². The molecule has 0 aliphatic carbocycles. The van der Waals surface area contributed by atoms with Gasteiger partial charge in [-0.2, -0.15) is 0 Å². The lowest BCUT2D eigenvalue weighted by Gasteiger charge is -2.38. The van der Waals surface area contributed by atoms with Crippen LogP contribution < -0.4 is 10.2 Å². The summed E-state index contributed by atoms with van der Waals surface area (Å²) in [5.74, 6) is 1.14. The molecule has 2 saturated heterocycles. The molecular weight excluding hydrogens is 436 g/mol. The molecule has 2 fully saturated rings. The molecule has 0 atom stereocenters. The summed E-state index contributed by atoms with van der Waals surface area (Å²) in [6.07, 6.45) is 2.50. The minimum absolute atomic E-state index is 0.0244. The lowest BCUT2D eigenvalue weighted by Crippen LogP contribution is -2.51. The smallest absolute Gasteiger partial charge is 0.230 e. The Morgan fingerprint density at radius 1 is 1.10 bits per heavy atom. The first-order valence-electron chi connectivity index (χ1n) is 10.9. The number of anilines is 1. The first-order chi connectivity index (χ1) is 14.7. The van der Waals surface area contributed by atoms with E-state index in [9.17, 15) is 9.59 Å². The second-order valence-corrected chi connectivity index (χ2v) is 10.4. The maximum Gasteiger partial charge on any atom is 0.230 e. The van der Waals surface area contributed by atoms with E-state index in [0.29, 0.717) is 43.0 Å². The van der Waals surface area contributed by atoms with Crippen LogP contribution in [0.3, 0.4) is 0 Å². The molecule has 1 N–H and O–H groups in total. The second kappa shape index (κ2) is 10.8. The number of hydrogen-bond acceptors (Lipinski definition) is 7. The van der Waals surface area contributed by atoms with E-state index in [0.717, 1.165) is 25.5 Å². The third kappa shape index (κ3) is 7.22. The number of nitrogens with one attached hydrogen (secondary N) is 1. The molecule has 8 nitrogen and oxygen atoms in total. The number of piperazine rings is 1. The molecular formula is C21H33ClN6O2S. The van der Waals surface area contributed by atoms with E-state index in [1.165, 1.54) is 24.6 Å². The first-order valence-corrected chi connectivity index (χ1v) is 12.3. The van der Waals surface area contributed by atoms with E-state index in [4.69, 9.17) is 11.6 Å². The van der Waals surface area contributed by atoms with Crippen LogP contribution in [0.4, 0.5) is 5.82 Å². The number of rotatable bonds is 7. The number of carbonyl (C=O) groups is 2. The minimum atomic E-state index is -0.376. The summed E-state index contributed by atoms with van der Waals surface area (Å²) in [7, 11) is 0. The largest absolute Gasteiger partial charge is 0.354 e. The Kier molecular flexibility index (Phi) is 8.41. The molecule has 0 aromatic carbocycles. The van der Waals surface area contributed by atoms with E-state index in [-0.39, 0.29) is 23.0 Å². The van der Waals surface area contributed by atoms with Crippen LogP contribution in [0.2, 0.25) is 5.15 Å². The maximum atomic E-state index is 12.5. The topological polar surface area (TPSA) is 81.7 Å². The third-order valence-corrected chi connectivity index (χ3v) is 6.52. The van der Waals surface area contributed by atoms with Crippen LogP contribution in [0.15, 0.2) is 11.2 Å². The predicted octanol–water partition coefficient (Wildman–Crippen LogP) is 2.13. The molecule has 0 saturated carbocycles. The number of amides is 2. The van der Waals surface area contributed by atoms with Gasteiger partial charge >= 0.3 is 0 Å². The van der Waals surface area contributed by atoms with Crippen molar-refractivity contribution in [1.29, 1.82) is 0 Å². The molecule has 0 spiro atoms. The maximum absolute atomic E-state index is 12.5. The average Bonchev–Trinajstić information content (AvgIpc) is 3.24. The Hall–Kier alpha value is -1.58. The third-order valence-electron chi connectivity index (χ3n) is 5.47. The van der Waals surface area contributed by atoms with Gasteiger partial charge in [0.2, 0.25) is 11.8 Å². The summed E-state index contributed by atoms with van der Waals surface area (Å²) in [6, 6.07) is 1.74. The zero-order valence-electron chi connectivity index (χ0n) is 18.7. The van der Waals surface area contributed by atoms with Gasteiger partial charge < -0.3 is 20.0 Å². The van der Waals surface area contributed by atoms with Gasteiger partial charge in [0.25, 0.3) is 0 Å². The van der Waals surface area contributed by atoms with Crippen molar-refractivity contribution in [2.45, 2.75) is 38.8 Å². The van der Waals surface area contributed by atoms with Gasteiger partial charge in [0.05, 0.1) is 5.75 Å². The molecule has 1 aromatic rings. The van der Waals surface area contributed by atoms with Gasteiger partial charge in [-0.15, -0.1) is 0 Å². The zero-order valence-corrected chi connectivity index (χ0v) is 20.3. The fraction of sp³-hybridized carbons (Fsp3) is 0.714. The van der Waals surface area contributed by atoms with Gasteiger partial charge in [-0.1, -0.05) is 44.1 Å². The number of halogens is 1. The summed E-state index contributed by atoms with van der Waals surface area (Å²) in [6.45, 7) is 12.3. The van der Waals surface area contributed by atoms with Gasteiger partial charge in [-0.05, 0) is 25.9 Å². The van der Waals surface area contributed by atoms with Gasteiger partial charge in [0.15, 0.2) is 5.16 Å². The van der Waals surface area contributed by atoms with Gasteiger partial charge in [0, 0.05) is 50.7 Å². The van der Waals surface area contributed by atoms with Gasteiger partial charge in [-0.25, -0.2) is 9.97 Å². The molecule has 0 radical (unpaired) electrons. The number of thioether (sulfide) groups is 1. The lowest BCUT2D eigenvalue weighted by atomic mass is 9.94. The second-order valence-electron chi connectivity index (χ2n) is 9.05. The number of nitrogens with zero attached hydrogens (tertiary/aromatic N) is 5. The van der Waals surface area contributed by atoms with Gasteiger partial charge in [-0.3, -0.25) is 9.59 Å². The molecule has 3 heterocycles. The summed E-state index contributed by atoms with van der Waals surface area (Å²) >= 11 is 7.51. The Labute approximate surface area is 194 Å². The van der Waals surface area contributed by atoms with Crippen molar-refractivity contribution in [3.05, 3.63) is 11.2 Å². The average molecular weight is 469 g/mol. The fourth-order valence-electron chi connectivity index (χ4n) is 3.77. The predicted molar refractivity (Wildman–Crippen MR) is 125 cm³/mol. The highest BCUT2D eigenvalue weighted by Gasteiger charge is 2.30. The monoisotopic (exact) mass is 468 g/mol. The highest BCUT2D eigenvalue weighted by Crippen LogP contribution is 2.24. The van der Waals surface area contributed by atoms with Crippen molar-refractivity contribution in [2.24, 2.45) is 5.41 Å². The van der Waals surface area contributed by atoms with E-state index in [1.54, 1.807) is 6.07 Å². The molecule has 31 heavy (non-hydrogen) atoms. The Morgan fingerprint density at radius 2 is 1.77 bits per heavy atom. The van der Waals surface area contributed by atoms with Crippen molar-refractivity contribution in [1.82, 2.24) is 25.1 Å². The van der Waals surface area contributed by atoms with Crippen LogP contribution >= 0.6 is 23.4 Å². The highest BCUT2D eigenvalue weighted by atomic mass is 35.5. The quantitative estimate of drug-likeness (QED) is 0.373. The number of carbonyl (C=O) groups excluding carboxylic acids is 2. The standard InChI is InChI=1S/C21H33ClN6O2S/c1-21(2,3)19(30)28-12-10-27(11-13-28)17-14-16(22)24-20(25-17)31-15-18(29)23-6-9-26-7-4-5-8-26/h14H,4-13,15H2,1-3H3,(H,23,29). The number of hydrogen-bond donors (Lipinski definition) is 1. The normalized spacial score (nSPS) is 17.8. The number of aromatic nitrogens is 2. The molecule has 2 amide bonds. The first kappa shape index (κ1) is 24.1. The number of likely N-dealkylation sites (tertiary alicyclic amines) is 1. The summed E-state index contributed by atoms with van der Waals surface area (Å²) in [5.41, 5.74) is -0.376. The van der Waals surface area contributed by atoms with Crippen LogP contribution in [0.25, 0.3) is 0 Å². The van der Waals surface area contributed by atoms with Crippen LogP contribution in [-0.2, 0) is 9.59 Å². The summed E-state index contributed by atoms with van der Waals surface area (Å²) < 4.78 is 0. The van der Waals surface area contributed by atoms with E-state index < -0.39 is 0 Å². The van der Waals surface area contributed by atoms with E-state index in [2.05, 4.69) is 25.1 Å². The summed E-state index contributed by atoms with van der Waals surface area (Å²) in [4.78, 5) is 39.9. The van der Waals surface area contributed by atoms with Crippen molar-refractivity contribution >= 4 is 41.0 Å². The minimum Gasteiger partial charge on any atom is -0.354 e. The van der Waals surface area contributed by atoms with Crippen LogP contribution in [-0.4, -0.2) is 89.7 Å². The van der Waals surface area contributed by atoms with Crippen molar-refractivity contribution in [2.75, 3.05) is 63.0 Å². The molecule has 172 valence electrons. The van der Waals surface area contributed by atoms with Crippen molar-refractivity contribution < 1.29 is 9.59 Å². The van der Waals surface area contributed by atoms with Crippen molar-refractivity contribution in [3.8, 4) is 0 Å². The highest BCUT2D eigenvalue weighted by molar-refractivity contribution is 7.99. The van der Waals surface area contributed by atoms with Crippen molar-refractivity contribution in [3.63, 3.8) is 0 Å². The Bertz CT molecular complexity index is 774. The SMILES string of the molecule is CC(C)(C)C(=O)N1CCN(c2cc(Cl)nc(SCC(=O)NCCN3CCCC3)n2)CC1. The van der Waals surface area contributed by atoms with Crippen LogP contribution in [0.5, 0.6) is 0 Å². The van der Waals surface area contributed by atoms with E-state index in [1.807, 2.05) is 25.7 Å². The molecule has 2 aliphatic rings. The molecule has 2 aliphatic heterocycles. The lowest BCUT2D eigenvalue weighted by molar-refractivity contribution is -0.139. The zero-order chi connectivity index (χ0) is 22.4. The molecule has 0 bridgehead atoms.